The second-order valence-corrected chi connectivity index (χ2v) is 4.59. The summed E-state index contributed by atoms with van der Waals surface area (Å²) in [7, 11) is 0. The van der Waals surface area contributed by atoms with E-state index in [1.54, 1.807) is 0 Å². The van der Waals surface area contributed by atoms with Crippen LogP contribution < -0.4 is 0 Å². The first-order valence-electron chi connectivity index (χ1n) is 5.05. The average Bonchev–Trinajstić information content (AvgIpc) is 2.48. The summed E-state index contributed by atoms with van der Waals surface area (Å²) >= 11 is 0. The predicted octanol–water partition coefficient (Wildman–Crippen LogP) is 1.70. The molecular weight excluding hydrogens is 150 g/mol. The highest BCUT2D eigenvalue weighted by molar-refractivity contribution is 5.71. The number of carbonyl (C=O) groups excluding carboxylic acids is 1. The molecular formula is C10H18NO+. The van der Waals surface area contributed by atoms with E-state index in [4.69, 9.17) is 0 Å². The van der Waals surface area contributed by atoms with Crippen molar-refractivity contribution >= 4 is 5.91 Å². The van der Waals surface area contributed by atoms with Crippen LogP contribution in [0.15, 0.2) is 0 Å². The number of hydrogen-bond acceptors (Lipinski definition) is 1. The SMILES string of the molecule is CCCC(=O)[N+]12CCCC1(C)C2. The van der Waals surface area contributed by atoms with Gasteiger partial charge in [-0.15, -0.1) is 0 Å². The zero-order valence-electron chi connectivity index (χ0n) is 8.10. The molecule has 0 aromatic heterocycles. The third-order valence-corrected chi connectivity index (χ3v) is 3.74. The second kappa shape index (κ2) is 2.32. The number of fused-ring (bicyclic) bond motifs is 1. The summed E-state index contributed by atoms with van der Waals surface area (Å²) in [5.74, 6) is 0.498. The number of carbonyl (C=O) groups is 1. The monoisotopic (exact) mass is 168 g/mol. The van der Waals surface area contributed by atoms with Crippen molar-refractivity contribution in [1.82, 2.24) is 0 Å². The Morgan fingerprint density at radius 2 is 2.33 bits per heavy atom. The maximum absolute atomic E-state index is 11.8. The lowest BCUT2D eigenvalue weighted by Gasteiger charge is -2.14. The number of rotatable bonds is 2. The Hall–Kier alpha value is -0.370. The maximum atomic E-state index is 11.8. The van der Waals surface area contributed by atoms with E-state index < -0.39 is 0 Å². The minimum atomic E-state index is 0.367. The Kier molecular flexibility index (Phi) is 1.59. The Labute approximate surface area is 74.1 Å². The first-order chi connectivity index (χ1) is 5.65. The van der Waals surface area contributed by atoms with Crippen LogP contribution in [0.4, 0.5) is 0 Å². The summed E-state index contributed by atoms with van der Waals surface area (Å²) in [6.45, 7) is 6.61. The van der Waals surface area contributed by atoms with Gasteiger partial charge in [0.1, 0.15) is 6.54 Å². The molecule has 0 radical (unpaired) electrons. The molecule has 2 aliphatic heterocycles. The van der Waals surface area contributed by atoms with E-state index in [9.17, 15) is 4.79 Å². The number of quaternary nitrogens is 1. The summed E-state index contributed by atoms with van der Waals surface area (Å²) in [6.07, 6.45) is 4.32. The first kappa shape index (κ1) is 8.24. The molecule has 2 unspecified atom stereocenters. The normalized spacial score (nSPS) is 44.2. The van der Waals surface area contributed by atoms with E-state index in [-0.39, 0.29) is 0 Å². The zero-order valence-corrected chi connectivity index (χ0v) is 8.10. The average molecular weight is 168 g/mol. The van der Waals surface area contributed by atoms with Gasteiger partial charge in [-0.1, -0.05) is 6.92 Å². The smallest absolute Gasteiger partial charge is 0.246 e. The van der Waals surface area contributed by atoms with Gasteiger partial charge in [0.25, 0.3) is 0 Å². The fraction of sp³-hybridized carbons (Fsp3) is 0.900. The van der Waals surface area contributed by atoms with Crippen molar-refractivity contribution in [3.05, 3.63) is 0 Å². The van der Waals surface area contributed by atoms with Gasteiger partial charge in [-0.3, -0.25) is 0 Å². The molecule has 2 heteroatoms. The largest absolute Gasteiger partial charge is 0.314 e. The predicted molar refractivity (Wildman–Crippen MR) is 47.5 cm³/mol. The highest BCUT2D eigenvalue weighted by atomic mass is 16.2. The molecule has 0 aromatic rings. The van der Waals surface area contributed by atoms with Crippen LogP contribution in [0, 0.1) is 0 Å². The van der Waals surface area contributed by atoms with Crippen LogP contribution in [-0.4, -0.2) is 29.0 Å². The number of nitrogens with zero attached hydrogens (tertiary/aromatic N) is 1. The quantitative estimate of drug-likeness (QED) is 0.453. The number of amides is 1. The van der Waals surface area contributed by atoms with Gasteiger partial charge < -0.3 is 0 Å². The topological polar surface area (TPSA) is 17.1 Å². The Bertz CT molecular complexity index is 222. The fourth-order valence-electron chi connectivity index (χ4n) is 2.86. The van der Waals surface area contributed by atoms with Crippen molar-refractivity contribution < 1.29 is 9.28 Å². The maximum Gasteiger partial charge on any atom is 0.314 e. The fourth-order valence-corrected chi connectivity index (χ4v) is 2.86. The summed E-state index contributed by atoms with van der Waals surface area (Å²) in [5.41, 5.74) is 0.367. The molecule has 0 spiro atoms. The second-order valence-electron chi connectivity index (χ2n) is 4.59. The molecule has 2 heterocycles. The van der Waals surface area contributed by atoms with Crippen molar-refractivity contribution in [2.45, 2.75) is 45.1 Å². The standard InChI is InChI=1S/C10H18NO/c1-3-5-9(12)11-7-4-6-10(11,2)8-11/h3-8H2,1-2H3/q+1. The van der Waals surface area contributed by atoms with Gasteiger partial charge in [-0.2, -0.15) is 0 Å². The number of hydrogen-bond donors (Lipinski definition) is 0. The third-order valence-electron chi connectivity index (χ3n) is 3.74. The van der Waals surface area contributed by atoms with Gasteiger partial charge in [-0.05, 0) is 13.3 Å². The van der Waals surface area contributed by atoms with Crippen molar-refractivity contribution in [2.75, 3.05) is 13.1 Å². The van der Waals surface area contributed by atoms with Crippen LogP contribution in [0.3, 0.4) is 0 Å². The van der Waals surface area contributed by atoms with Crippen LogP contribution in [0.5, 0.6) is 0 Å². The van der Waals surface area contributed by atoms with Gasteiger partial charge in [-0.25, -0.2) is 9.28 Å². The lowest BCUT2D eigenvalue weighted by molar-refractivity contribution is -0.737. The Balaban J connectivity index is 2.09. The molecule has 0 aliphatic carbocycles. The Morgan fingerprint density at radius 1 is 1.58 bits per heavy atom. The summed E-state index contributed by atoms with van der Waals surface area (Å²) < 4.78 is 0.834. The molecule has 0 N–H and O–H groups in total. The van der Waals surface area contributed by atoms with E-state index in [1.807, 2.05) is 0 Å². The van der Waals surface area contributed by atoms with Crippen molar-refractivity contribution in [1.29, 1.82) is 0 Å². The minimum Gasteiger partial charge on any atom is -0.246 e. The Morgan fingerprint density at radius 3 is 2.75 bits per heavy atom. The molecule has 0 bridgehead atoms. The van der Waals surface area contributed by atoms with Crippen LogP contribution in [0.1, 0.15) is 39.5 Å². The van der Waals surface area contributed by atoms with Crippen LogP contribution in [-0.2, 0) is 4.79 Å². The lowest BCUT2D eigenvalue weighted by Crippen LogP contribution is -2.36. The third kappa shape index (κ3) is 0.817. The first-order valence-corrected chi connectivity index (χ1v) is 5.05. The molecule has 2 rings (SSSR count). The highest BCUT2D eigenvalue weighted by Gasteiger charge is 2.72. The van der Waals surface area contributed by atoms with E-state index >= 15 is 0 Å². The lowest BCUT2D eigenvalue weighted by atomic mass is 10.1. The van der Waals surface area contributed by atoms with E-state index in [1.165, 1.54) is 12.8 Å². The summed E-state index contributed by atoms with van der Waals surface area (Å²) in [5, 5.41) is 0. The van der Waals surface area contributed by atoms with Crippen LogP contribution >= 0.6 is 0 Å². The molecule has 2 saturated heterocycles. The molecule has 12 heavy (non-hydrogen) atoms. The van der Waals surface area contributed by atoms with Crippen LogP contribution in [0.2, 0.25) is 0 Å². The molecule has 0 aromatic carbocycles. The molecule has 2 nitrogen and oxygen atoms in total. The minimum absolute atomic E-state index is 0.367. The van der Waals surface area contributed by atoms with Crippen LogP contribution in [0.25, 0.3) is 0 Å². The molecule has 2 atom stereocenters. The van der Waals surface area contributed by atoms with Gasteiger partial charge >= 0.3 is 5.91 Å². The molecule has 68 valence electrons. The van der Waals surface area contributed by atoms with E-state index in [2.05, 4.69) is 13.8 Å². The molecule has 2 fully saturated rings. The zero-order chi connectivity index (χ0) is 8.82. The molecule has 0 saturated carbocycles. The highest BCUT2D eigenvalue weighted by Crippen LogP contribution is 2.52. The van der Waals surface area contributed by atoms with Gasteiger partial charge in [0.2, 0.25) is 0 Å². The van der Waals surface area contributed by atoms with Gasteiger partial charge in [0, 0.05) is 12.8 Å². The summed E-state index contributed by atoms with van der Waals surface area (Å²) in [4.78, 5) is 11.8. The summed E-state index contributed by atoms with van der Waals surface area (Å²) in [6, 6.07) is 0. The van der Waals surface area contributed by atoms with Gasteiger partial charge in [0.15, 0.2) is 5.54 Å². The molecule has 2 aliphatic rings. The number of piperidine rings is 1. The van der Waals surface area contributed by atoms with Crippen molar-refractivity contribution in [3.8, 4) is 0 Å². The van der Waals surface area contributed by atoms with Crippen molar-refractivity contribution in [2.24, 2.45) is 0 Å². The van der Waals surface area contributed by atoms with E-state index in [0.29, 0.717) is 11.4 Å². The van der Waals surface area contributed by atoms with Gasteiger partial charge in [0.05, 0.1) is 13.0 Å². The van der Waals surface area contributed by atoms with Crippen molar-refractivity contribution in [3.63, 3.8) is 0 Å². The van der Waals surface area contributed by atoms with E-state index in [0.717, 1.165) is 30.4 Å². The molecule has 1 amide bonds.